The maximum absolute atomic E-state index is 13.5. The van der Waals surface area contributed by atoms with Crippen LogP contribution < -0.4 is 0 Å². The highest BCUT2D eigenvalue weighted by molar-refractivity contribution is 9.10. The Morgan fingerprint density at radius 1 is 0.850 bits per heavy atom. The third-order valence-corrected chi connectivity index (χ3v) is 3.84. The quantitative estimate of drug-likeness (QED) is 0.607. The Morgan fingerprint density at radius 2 is 1.50 bits per heavy atom. The van der Waals surface area contributed by atoms with Gasteiger partial charge in [0.2, 0.25) is 0 Å². The molecule has 0 radical (unpaired) electrons. The van der Waals surface area contributed by atoms with E-state index in [1.807, 2.05) is 36.4 Å². The van der Waals surface area contributed by atoms with Gasteiger partial charge in [0.15, 0.2) is 5.78 Å². The molecule has 0 heterocycles. The van der Waals surface area contributed by atoms with E-state index >= 15 is 0 Å². The molecule has 0 aliphatic rings. The summed E-state index contributed by atoms with van der Waals surface area (Å²) in [6.07, 6.45) is 0. The minimum absolute atomic E-state index is 0.179. The van der Waals surface area contributed by atoms with Crippen molar-refractivity contribution in [2.75, 3.05) is 0 Å². The zero-order valence-electron chi connectivity index (χ0n) is 10.4. The molecule has 0 fully saturated rings. The molecule has 98 valence electrons. The predicted molar refractivity (Wildman–Crippen MR) is 81.5 cm³/mol. The Balaban J connectivity index is 2.05. The van der Waals surface area contributed by atoms with E-state index < -0.39 is 5.82 Å². The normalized spacial score (nSPS) is 10.7. The van der Waals surface area contributed by atoms with Crippen LogP contribution in [-0.2, 0) is 0 Å². The van der Waals surface area contributed by atoms with Gasteiger partial charge in [-0.2, -0.15) is 0 Å². The van der Waals surface area contributed by atoms with Crippen LogP contribution in [0.5, 0.6) is 0 Å². The van der Waals surface area contributed by atoms with Crippen LogP contribution in [0, 0.1) is 5.82 Å². The lowest BCUT2D eigenvalue weighted by molar-refractivity contribution is 0.103. The van der Waals surface area contributed by atoms with Gasteiger partial charge in [0.05, 0.1) is 4.47 Å². The highest BCUT2D eigenvalue weighted by Crippen LogP contribution is 2.21. The number of carbonyl (C=O) groups is 1. The Labute approximate surface area is 124 Å². The molecule has 1 nitrogen and oxygen atoms in total. The number of fused-ring (bicyclic) bond motifs is 1. The minimum atomic E-state index is -0.434. The fraction of sp³-hybridized carbons (Fsp3) is 0. The SMILES string of the molecule is O=C(c1ccc(Br)c(F)c1)c1ccc2ccccc2c1. The summed E-state index contributed by atoms with van der Waals surface area (Å²) in [6.45, 7) is 0. The van der Waals surface area contributed by atoms with Gasteiger partial charge in [0.1, 0.15) is 5.82 Å². The van der Waals surface area contributed by atoms with Crippen molar-refractivity contribution in [1.82, 2.24) is 0 Å². The molecule has 0 N–H and O–H groups in total. The molecular weight excluding hydrogens is 319 g/mol. The van der Waals surface area contributed by atoms with Gasteiger partial charge in [-0.05, 0) is 51.0 Å². The molecule has 3 rings (SSSR count). The standard InChI is InChI=1S/C17H10BrFO/c18-15-8-7-14(10-16(15)19)17(20)13-6-5-11-3-1-2-4-12(11)9-13/h1-10H. The summed E-state index contributed by atoms with van der Waals surface area (Å²) >= 11 is 3.08. The van der Waals surface area contributed by atoms with E-state index in [0.717, 1.165) is 10.8 Å². The van der Waals surface area contributed by atoms with Crippen LogP contribution in [0.4, 0.5) is 4.39 Å². The van der Waals surface area contributed by atoms with Crippen molar-refractivity contribution in [3.8, 4) is 0 Å². The predicted octanol–water partition coefficient (Wildman–Crippen LogP) is 4.97. The molecule has 0 aromatic heterocycles. The van der Waals surface area contributed by atoms with Gasteiger partial charge in [0, 0.05) is 11.1 Å². The van der Waals surface area contributed by atoms with Gasteiger partial charge >= 0.3 is 0 Å². The van der Waals surface area contributed by atoms with Crippen LogP contribution in [0.1, 0.15) is 15.9 Å². The van der Waals surface area contributed by atoms with Crippen molar-refractivity contribution in [2.45, 2.75) is 0 Å². The number of hydrogen-bond donors (Lipinski definition) is 0. The molecule has 0 saturated carbocycles. The van der Waals surface area contributed by atoms with Crippen molar-refractivity contribution in [3.63, 3.8) is 0 Å². The summed E-state index contributed by atoms with van der Waals surface area (Å²) in [5, 5.41) is 2.07. The first-order valence-corrected chi connectivity index (χ1v) is 6.93. The largest absolute Gasteiger partial charge is 0.289 e. The van der Waals surface area contributed by atoms with Gasteiger partial charge in [-0.3, -0.25) is 4.79 Å². The number of hydrogen-bond acceptors (Lipinski definition) is 1. The van der Waals surface area contributed by atoms with Crippen LogP contribution in [0.3, 0.4) is 0 Å². The highest BCUT2D eigenvalue weighted by Gasteiger charge is 2.11. The highest BCUT2D eigenvalue weighted by atomic mass is 79.9. The fourth-order valence-electron chi connectivity index (χ4n) is 2.13. The topological polar surface area (TPSA) is 17.1 Å². The summed E-state index contributed by atoms with van der Waals surface area (Å²) in [7, 11) is 0. The number of ketones is 1. The minimum Gasteiger partial charge on any atom is -0.289 e. The molecule has 0 amide bonds. The van der Waals surface area contributed by atoms with Crippen molar-refractivity contribution in [1.29, 1.82) is 0 Å². The van der Waals surface area contributed by atoms with Crippen LogP contribution in [0.2, 0.25) is 0 Å². The van der Waals surface area contributed by atoms with E-state index in [2.05, 4.69) is 15.9 Å². The molecule has 20 heavy (non-hydrogen) atoms. The van der Waals surface area contributed by atoms with Gasteiger partial charge < -0.3 is 0 Å². The first-order chi connectivity index (χ1) is 9.65. The average molecular weight is 329 g/mol. The summed E-state index contributed by atoms with van der Waals surface area (Å²) in [5.74, 6) is -0.612. The smallest absolute Gasteiger partial charge is 0.193 e. The summed E-state index contributed by atoms with van der Waals surface area (Å²) < 4.78 is 13.9. The molecule has 0 atom stereocenters. The molecule has 0 bridgehead atoms. The van der Waals surface area contributed by atoms with Crippen molar-refractivity contribution in [3.05, 3.63) is 82.1 Å². The number of benzene rings is 3. The first kappa shape index (κ1) is 13.0. The number of carbonyl (C=O) groups excluding carboxylic acids is 1. The van der Waals surface area contributed by atoms with Crippen LogP contribution in [-0.4, -0.2) is 5.78 Å². The average Bonchev–Trinajstić information content (AvgIpc) is 2.49. The van der Waals surface area contributed by atoms with Crippen LogP contribution >= 0.6 is 15.9 Å². The van der Waals surface area contributed by atoms with E-state index in [9.17, 15) is 9.18 Å². The second kappa shape index (κ2) is 5.17. The molecule has 0 saturated heterocycles. The molecular formula is C17H10BrFO. The van der Waals surface area contributed by atoms with Gasteiger partial charge in [-0.1, -0.05) is 36.4 Å². The third-order valence-electron chi connectivity index (χ3n) is 3.19. The second-order valence-electron chi connectivity index (χ2n) is 4.52. The summed E-state index contributed by atoms with van der Waals surface area (Å²) in [6, 6.07) is 17.7. The Hall–Kier alpha value is -2.00. The van der Waals surface area contributed by atoms with Crippen LogP contribution in [0.25, 0.3) is 10.8 Å². The second-order valence-corrected chi connectivity index (χ2v) is 5.37. The maximum Gasteiger partial charge on any atom is 0.193 e. The van der Waals surface area contributed by atoms with E-state index in [4.69, 9.17) is 0 Å². The molecule has 3 aromatic rings. The van der Waals surface area contributed by atoms with Gasteiger partial charge in [-0.15, -0.1) is 0 Å². The zero-order chi connectivity index (χ0) is 14.1. The summed E-state index contributed by atoms with van der Waals surface area (Å²) in [4.78, 5) is 12.4. The van der Waals surface area contributed by atoms with E-state index in [0.29, 0.717) is 15.6 Å². The Kier molecular flexibility index (Phi) is 3.36. The van der Waals surface area contributed by atoms with E-state index in [-0.39, 0.29) is 5.78 Å². The molecule has 0 aliphatic heterocycles. The number of halogens is 2. The van der Waals surface area contributed by atoms with Gasteiger partial charge in [-0.25, -0.2) is 4.39 Å². The van der Waals surface area contributed by atoms with Crippen LogP contribution in [0.15, 0.2) is 65.1 Å². The van der Waals surface area contributed by atoms with Crippen molar-refractivity contribution in [2.24, 2.45) is 0 Å². The maximum atomic E-state index is 13.5. The van der Waals surface area contributed by atoms with Gasteiger partial charge in [0.25, 0.3) is 0 Å². The number of rotatable bonds is 2. The fourth-order valence-corrected chi connectivity index (χ4v) is 2.38. The lowest BCUT2D eigenvalue weighted by Gasteiger charge is -2.04. The molecule has 3 aromatic carbocycles. The third kappa shape index (κ3) is 2.37. The van der Waals surface area contributed by atoms with E-state index in [1.165, 1.54) is 6.07 Å². The zero-order valence-corrected chi connectivity index (χ0v) is 12.0. The lowest BCUT2D eigenvalue weighted by Crippen LogP contribution is -2.01. The Morgan fingerprint density at radius 3 is 2.25 bits per heavy atom. The van der Waals surface area contributed by atoms with Crippen molar-refractivity contribution >= 4 is 32.5 Å². The first-order valence-electron chi connectivity index (χ1n) is 6.14. The lowest BCUT2D eigenvalue weighted by atomic mass is 10.00. The molecule has 0 unspecified atom stereocenters. The van der Waals surface area contributed by atoms with Crippen molar-refractivity contribution < 1.29 is 9.18 Å². The summed E-state index contributed by atoms with van der Waals surface area (Å²) in [5.41, 5.74) is 0.909. The molecule has 0 spiro atoms. The molecule has 0 aliphatic carbocycles. The van der Waals surface area contributed by atoms with E-state index in [1.54, 1.807) is 18.2 Å². The molecule has 3 heteroatoms. The Bertz CT molecular complexity index is 811. The monoisotopic (exact) mass is 328 g/mol.